The Morgan fingerprint density at radius 1 is 1.09 bits per heavy atom. The number of hydrogen-bond donors (Lipinski definition) is 0. The summed E-state index contributed by atoms with van der Waals surface area (Å²) in [6.07, 6.45) is 7.30. The van der Waals surface area contributed by atoms with Crippen molar-refractivity contribution in [2.75, 3.05) is 26.2 Å². The fourth-order valence-electron chi connectivity index (χ4n) is 3.82. The molecule has 4 heteroatoms. The van der Waals surface area contributed by atoms with Crippen molar-refractivity contribution in [3.8, 4) is 0 Å². The Morgan fingerprint density at radius 3 is 2.52 bits per heavy atom. The quantitative estimate of drug-likeness (QED) is 0.788. The molecule has 1 saturated heterocycles. The molecule has 1 aliphatic carbocycles. The molecule has 2 aliphatic rings. The average Bonchev–Trinajstić information content (AvgIpc) is 2.56. The molecule has 0 bridgehead atoms. The van der Waals surface area contributed by atoms with Gasteiger partial charge in [0, 0.05) is 43.6 Å². The van der Waals surface area contributed by atoms with Crippen LogP contribution in [0, 0.1) is 5.92 Å². The number of piperazine rings is 1. The molecule has 126 valence electrons. The standard InChI is InChI=1S/C19H27BrN2O/c20-18-8-4-7-17(13-18)15-21-9-11-22(12-10-21)19(23)14-16-5-2-1-3-6-16/h4,7-8,13,16H,1-3,5-6,9-12,14-15H2. The second kappa shape index (κ2) is 8.29. The Bertz CT molecular complexity index is 520. The summed E-state index contributed by atoms with van der Waals surface area (Å²) in [5.41, 5.74) is 1.33. The Hall–Kier alpha value is -0.870. The van der Waals surface area contributed by atoms with Crippen LogP contribution in [0.2, 0.25) is 0 Å². The molecule has 1 amide bonds. The topological polar surface area (TPSA) is 23.6 Å². The predicted molar refractivity (Wildman–Crippen MR) is 97.2 cm³/mol. The molecular weight excluding hydrogens is 352 g/mol. The van der Waals surface area contributed by atoms with Crippen LogP contribution in [0.4, 0.5) is 0 Å². The number of nitrogens with zero attached hydrogens (tertiary/aromatic N) is 2. The molecule has 2 fully saturated rings. The lowest BCUT2D eigenvalue weighted by Gasteiger charge is -2.35. The minimum atomic E-state index is 0.388. The van der Waals surface area contributed by atoms with Gasteiger partial charge in [0.25, 0.3) is 0 Å². The minimum Gasteiger partial charge on any atom is -0.340 e. The van der Waals surface area contributed by atoms with Gasteiger partial charge in [0.15, 0.2) is 0 Å². The van der Waals surface area contributed by atoms with Crippen LogP contribution in [0.15, 0.2) is 28.7 Å². The Kier molecular flexibility index (Phi) is 6.12. The highest BCUT2D eigenvalue weighted by atomic mass is 79.9. The van der Waals surface area contributed by atoms with Crippen LogP contribution in [-0.2, 0) is 11.3 Å². The van der Waals surface area contributed by atoms with E-state index >= 15 is 0 Å². The van der Waals surface area contributed by atoms with Gasteiger partial charge in [0.2, 0.25) is 5.91 Å². The molecule has 1 aromatic rings. The molecule has 3 rings (SSSR count). The van der Waals surface area contributed by atoms with Crippen molar-refractivity contribution in [1.82, 2.24) is 9.80 Å². The van der Waals surface area contributed by atoms with Crippen LogP contribution in [0.25, 0.3) is 0 Å². The van der Waals surface area contributed by atoms with E-state index < -0.39 is 0 Å². The fraction of sp³-hybridized carbons (Fsp3) is 0.632. The second-order valence-electron chi connectivity index (χ2n) is 7.00. The van der Waals surface area contributed by atoms with Gasteiger partial charge in [-0.1, -0.05) is 47.3 Å². The first-order chi connectivity index (χ1) is 11.2. The molecule has 0 spiro atoms. The molecule has 1 heterocycles. The van der Waals surface area contributed by atoms with Crippen LogP contribution >= 0.6 is 15.9 Å². The van der Waals surface area contributed by atoms with Crippen molar-refractivity contribution < 1.29 is 4.79 Å². The van der Waals surface area contributed by atoms with E-state index in [1.165, 1.54) is 37.7 Å². The average molecular weight is 379 g/mol. The first kappa shape index (κ1) is 17.0. The molecule has 1 aliphatic heterocycles. The summed E-state index contributed by atoms with van der Waals surface area (Å²) in [6.45, 7) is 4.73. The van der Waals surface area contributed by atoms with Crippen LogP contribution < -0.4 is 0 Å². The summed E-state index contributed by atoms with van der Waals surface area (Å²) in [7, 11) is 0. The molecule has 23 heavy (non-hydrogen) atoms. The van der Waals surface area contributed by atoms with E-state index in [9.17, 15) is 4.79 Å². The maximum Gasteiger partial charge on any atom is 0.222 e. The lowest BCUT2D eigenvalue weighted by molar-refractivity contribution is -0.134. The van der Waals surface area contributed by atoms with Crippen molar-refractivity contribution in [2.24, 2.45) is 5.92 Å². The van der Waals surface area contributed by atoms with Crippen LogP contribution in [0.3, 0.4) is 0 Å². The van der Waals surface area contributed by atoms with Crippen molar-refractivity contribution in [3.05, 3.63) is 34.3 Å². The third-order valence-corrected chi connectivity index (χ3v) is 5.70. The first-order valence-electron chi connectivity index (χ1n) is 8.95. The lowest BCUT2D eigenvalue weighted by atomic mass is 9.86. The zero-order chi connectivity index (χ0) is 16.1. The van der Waals surface area contributed by atoms with Crippen molar-refractivity contribution in [1.29, 1.82) is 0 Å². The van der Waals surface area contributed by atoms with Gasteiger partial charge in [-0.25, -0.2) is 0 Å². The maximum atomic E-state index is 12.5. The van der Waals surface area contributed by atoms with Gasteiger partial charge in [0.05, 0.1) is 0 Å². The third-order valence-electron chi connectivity index (χ3n) is 5.21. The molecule has 0 unspecified atom stereocenters. The fourth-order valence-corrected chi connectivity index (χ4v) is 4.26. The molecule has 0 atom stereocenters. The summed E-state index contributed by atoms with van der Waals surface area (Å²) >= 11 is 3.53. The van der Waals surface area contributed by atoms with Gasteiger partial charge in [-0.15, -0.1) is 0 Å². The SMILES string of the molecule is O=C(CC1CCCCC1)N1CCN(Cc2cccc(Br)c2)CC1. The number of carbonyl (C=O) groups is 1. The zero-order valence-electron chi connectivity index (χ0n) is 13.8. The number of halogens is 1. The highest BCUT2D eigenvalue weighted by Crippen LogP contribution is 2.27. The molecular formula is C19H27BrN2O. The monoisotopic (exact) mass is 378 g/mol. The van der Waals surface area contributed by atoms with E-state index in [1.807, 2.05) is 0 Å². The summed E-state index contributed by atoms with van der Waals surface area (Å²) in [4.78, 5) is 17.0. The Morgan fingerprint density at radius 2 is 1.83 bits per heavy atom. The van der Waals surface area contributed by atoms with Gasteiger partial charge in [-0.05, 0) is 36.5 Å². The number of amides is 1. The van der Waals surface area contributed by atoms with Crippen molar-refractivity contribution >= 4 is 21.8 Å². The van der Waals surface area contributed by atoms with Gasteiger partial charge < -0.3 is 4.90 Å². The number of carbonyl (C=O) groups excluding carboxylic acids is 1. The van der Waals surface area contributed by atoms with Gasteiger partial charge in [0.1, 0.15) is 0 Å². The Balaban J connectivity index is 1.43. The number of hydrogen-bond acceptors (Lipinski definition) is 2. The molecule has 0 radical (unpaired) electrons. The highest BCUT2D eigenvalue weighted by molar-refractivity contribution is 9.10. The van der Waals surface area contributed by atoms with E-state index in [4.69, 9.17) is 0 Å². The van der Waals surface area contributed by atoms with Gasteiger partial charge in [-0.3, -0.25) is 9.69 Å². The second-order valence-corrected chi connectivity index (χ2v) is 7.91. The van der Waals surface area contributed by atoms with Gasteiger partial charge >= 0.3 is 0 Å². The van der Waals surface area contributed by atoms with Crippen molar-refractivity contribution in [2.45, 2.75) is 45.1 Å². The smallest absolute Gasteiger partial charge is 0.222 e. The molecule has 0 N–H and O–H groups in total. The lowest BCUT2D eigenvalue weighted by Crippen LogP contribution is -2.48. The largest absolute Gasteiger partial charge is 0.340 e. The normalized spacial score (nSPS) is 20.7. The molecule has 3 nitrogen and oxygen atoms in total. The van der Waals surface area contributed by atoms with Gasteiger partial charge in [-0.2, -0.15) is 0 Å². The molecule has 0 aromatic heterocycles. The third kappa shape index (κ3) is 5.05. The minimum absolute atomic E-state index is 0.388. The van der Waals surface area contributed by atoms with Crippen LogP contribution in [0.5, 0.6) is 0 Å². The van der Waals surface area contributed by atoms with Crippen molar-refractivity contribution in [3.63, 3.8) is 0 Å². The summed E-state index contributed by atoms with van der Waals surface area (Å²) in [5.74, 6) is 1.04. The molecule has 1 aromatic carbocycles. The molecule has 1 saturated carbocycles. The number of benzene rings is 1. The summed E-state index contributed by atoms with van der Waals surface area (Å²) in [5, 5.41) is 0. The summed E-state index contributed by atoms with van der Waals surface area (Å²) < 4.78 is 1.14. The van der Waals surface area contributed by atoms with E-state index in [-0.39, 0.29) is 0 Å². The van der Waals surface area contributed by atoms with E-state index in [2.05, 4.69) is 50.0 Å². The summed E-state index contributed by atoms with van der Waals surface area (Å²) in [6, 6.07) is 8.50. The number of rotatable bonds is 4. The van der Waals surface area contributed by atoms with E-state index in [0.29, 0.717) is 11.8 Å². The Labute approximate surface area is 148 Å². The zero-order valence-corrected chi connectivity index (χ0v) is 15.4. The highest BCUT2D eigenvalue weighted by Gasteiger charge is 2.24. The van der Waals surface area contributed by atoms with E-state index in [1.54, 1.807) is 0 Å². The van der Waals surface area contributed by atoms with Crippen LogP contribution in [0.1, 0.15) is 44.1 Å². The predicted octanol–water partition coefficient (Wildman–Crippen LogP) is 4.06. The first-order valence-corrected chi connectivity index (χ1v) is 9.74. The van der Waals surface area contributed by atoms with E-state index in [0.717, 1.165) is 43.6 Å². The maximum absolute atomic E-state index is 12.5. The van der Waals surface area contributed by atoms with Crippen LogP contribution in [-0.4, -0.2) is 41.9 Å².